The summed E-state index contributed by atoms with van der Waals surface area (Å²) >= 11 is 1.27. The van der Waals surface area contributed by atoms with Gasteiger partial charge in [-0.2, -0.15) is 0 Å². The number of thiophene rings is 1. The fraction of sp³-hybridized carbons (Fsp3) is 0.296. The van der Waals surface area contributed by atoms with E-state index in [1.807, 2.05) is 0 Å². The van der Waals surface area contributed by atoms with Crippen molar-refractivity contribution in [2.24, 2.45) is 0 Å². The van der Waals surface area contributed by atoms with Crippen LogP contribution in [0.2, 0.25) is 0 Å². The third kappa shape index (κ3) is 7.03. The van der Waals surface area contributed by atoms with Gasteiger partial charge in [-0.25, -0.2) is 9.18 Å². The number of carbonyl (C=O) groups is 1. The second kappa shape index (κ2) is 11.7. The van der Waals surface area contributed by atoms with Gasteiger partial charge >= 0.3 is 6.09 Å². The fourth-order valence-corrected chi connectivity index (χ4v) is 4.47. The van der Waals surface area contributed by atoms with E-state index in [-0.39, 0.29) is 18.0 Å². The largest absolute Gasteiger partial charge is 0.453 e. The molecule has 204 valence electrons. The van der Waals surface area contributed by atoms with Crippen molar-refractivity contribution in [3.05, 3.63) is 76.4 Å². The second-order valence-corrected chi connectivity index (χ2v) is 10.3. The van der Waals surface area contributed by atoms with Gasteiger partial charge in [0.15, 0.2) is 11.6 Å². The molecule has 39 heavy (non-hydrogen) atoms. The van der Waals surface area contributed by atoms with Crippen LogP contribution in [0.1, 0.15) is 33.2 Å². The third-order valence-electron chi connectivity index (χ3n) is 5.15. The summed E-state index contributed by atoms with van der Waals surface area (Å²) in [6.45, 7) is 1.36. The van der Waals surface area contributed by atoms with E-state index in [2.05, 4.69) is 14.7 Å². The first kappa shape index (κ1) is 21.7. The van der Waals surface area contributed by atoms with Crippen molar-refractivity contribution in [3.63, 3.8) is 0 Å². The Balaban J connectivity index is 1.56. The number of hydrogen-bond acceptors (Lipinski definition) is 9. The fourth-order valence-electron chi connectivity index (χ4n) is 3.43. The number of carbonyl (C=O) groups excluding carboxylic acids is 1. The van der Waals surface area contributed by atoms with E-state index >= 15 is 0 Å². The highest BCUT2D eigenvalue weighted by Gasteiger charge is 2.22. The van der Waals surface area contributed by atoms with Gasteiger partial charge in [0.1, 0.15) is 11.4 Å². The number of amides is 1. The molecule has 12 heteroatoms. The Morgan fingerprint density at radius 2 is 2.03 bits per heavy atom. The smallest absolute Gasteiger partial charge is 0.410 e. The van der Waals surface area contributed by atoms with Crippen LogP contribution < -0.4 is 4.74 Å². The van der Waals surface area contributed by atoms with Crippen LogP contribution in [0.3, 0.4) is 0 Å². The second-order valence-electron chi connectivity index (χ2n) is 9.24. The number of benzene rings is 1. The summed E-state index contributed by atoms with van der Waals surface area (Å²) in [7, 11) is -3.02. The molecule has 0 aliphatic rings. The van der Waals surface area contributed by atoms with Crippen molar-refractivity contribution in [2.75, 3.05) is 20.1 Å². The predicted octanol–water partition coefficient (Wildman–Crippen LogP) is 6.58. The Morgan fingerprint density at radius 1 is 1.21 bits per heavy atom. The molecular weight excluding hydrogens is 527 g/mol. The van der Waals surface area contributed by atoms with Crippen molar-refractivity contribution < 1.29 is 35.2 Å². The van der Waals surface area contributed by atoms with Gasteiger partial charge in [-0.3, -0.25) is 20.1 Å². The quantitative estimate of drug-likeness (QED) is 0.167. The van der Waals surface area contributed by atoms with E-state index in [0.29, 0.717) is 26.4 Å². The van der Waals surface area contributed by atoms with E-state index < -0.39 is 48.3 Å². The van der Waals surface area contributed by atoms with Crippen LogP contribution in [-0.4, -0.2) is 51.6 Å². The topological polar surface area (TPSA) is 117 Å². The third-order valence-corrected chi connectivity index (χ3v) is 6.31. The van der Waals surface area contributed by atoms with Crippen molar-refractivity contribution in [2.45, 2.75) is 32.9 Å². The number of rotatable bonds is 9. The van der Waals surface area contributed by atoms with Crippen LogP contribution in [0.4, 0.5) is 14.9 Å². The molecule has 0 fully saturated rings. The molecule has 3 aromatic heterocycles. The van der Waals surface area contributed by atoms with Crippen LogP contribution in [0.25, 0.3) is 20.8 Å². The molecule has 4 rings (SSSR count). The summed E-state index contributed by atoms with van der Waals surface area (Å²) in [6.07, 6.45) is 2.09. The van der Waals surface area contributed by atoms with E-state index in [0.717, 1.165) is 17.0 Å². The van der Waals surface area contributed by atoms with Crippen molar-refractivity contribution >= 4 is 33.3 Å². The van der Waals surface area contributed by atoms with Gasteiger partial charge in [0.05, 0.1) is 51.7 Å². The van der Waals surface area contributed by atoms with Crippen molar-refractivity contribution in [3.8, 4) is 22.1 Å². The Bertz CT molecular complexity index is 1680. The summed E-state index contributed by atoms with van der Waals surface area (Å²) in [6, 6.07) is 9.74. The van der Waals surface area contributed by atoms with Gasteiger partial charge in [0.25, 0.3) is 5.69 Å². The summed E-state index contributed by atoms with van der Waals surface area (Å²) < 4.78 is 68.3. The number of pyridine rings is 2. The SMILES string of the molecule is [2H]C([2H])([2H])OC([2H])([2H])CN(Cc1ccc(-c2cc3nccc(Oc4ccc([N+](=O)[O-])cc4F)c3s2)nc1)C(=O)OC(C)(C)C. The lowest BCUT2D eigenvalue weighted by Crippen LogP contribution is -2.38. The molecule has 0 spiro atoms. The minimum Gasteiger partial charge on any atom is -0.453 e. The normalized spacial score (nSPS) is 14.0. The predicted molar refractivity (Wildman–Crippen MR) is 144 cm³/mol. The molecule has 3 heterocycles. The summed E-state index contributed by atoms with van der Waals surface area (Å²) in [5, 5.41) is 10.9. The molecule has 0 bridgehead atoms. The first-order valence-corrected chi connectivity index (χ1v) is 12.3. The lowest BCUT2D eigenvalue weighted by atomic mass is 10.2. The maximum Gasteiger partial charge on any atom is 0.410 e. The molecule has 0 atom stereocenters. The number of nitro benzene ring substituents is 1. The summed E-state index contributed by atoms with van der Waals surface area (Å²) in [5.74, 6) is -0.794. The number of hydrogen-bond donors (Lipinski definition) is 0. The number of ether oxygens (including phenoxy) is 3. The van der Waals surface area contributed by atoms with Gasteiger partial charge in [0, 0.05) is 38.1 Å². The molecule has 0 unspecified atom stereocenters. The number of halogens is 1. The highest BCUT2D eigenvalue weighted by molar-refractivity contribution is 7.22. The Morgan fingerprint density at radius 3 is 2.69 bits per heavy atom. The Hall–Kier alpha value is -4.16. The van der Waals surface area contributed by atoms with Crippen molar-refractivity contribution in [1.29, 1.82) is 0 Å². The molecule has 0 N–H and O–H groups in total. The van der Waals surface area contributed by atoms with Crippen molar-refractivity contribution in [1.82, 2.24) is 14.9 Å². The van der Waals surface area contributed by atoms with E-state index in [4.69, 9.17) is 16.3 Å². The molecule has 4 aromatic rings. The van der Waals surface area contributed by atoms with Crippen LogP contribution in [0.5, 0.6) is 11.5 Å². The zero-order valence-electron chi connectivity index (χ0n) is 26.1. The molecule has 1 aromatic carbocycles. The van der Waals surface area contributed by atoms with Gasteiger partial charge in [-0.1, -0.05) is 6.07 Å². The molecule has 1 amide bonds. The highest BCUT2D eigenvalue weighted by Crippen LogP contribution is 2.39. The zero-order chi connectivity index (χ0) is 32.4. The van der Waals surface area contributed by atoms with Gasteiger partial charge < -0.3 is 19.1 Å². The van der Waals surface area contributed by atoms with E-state index in [1.54, 1.807) is 45.0 Å². The number of fused-ring (bicyclic) bond motifs is 1. The van der Waals surface area contributed by atoms with Gasteiger partial charge in [-0.05, 0) is 44.5 Å². The zero-order valence-corrected chi connectivity index (χ0v) is 22.0. The number of non-ortho nitro benzene ring substituents is 1. The average molecular weight is 560 g/mol. The molecule has 0 aliphatic heterocycles. The van der Waals surface area contributed by atoms with Crippen LogP contribution in [0.15, 0.2) is 54.9 Å². The summed E-state index contributed by atoms with van der Waals surface area (Å²) in [5.41, 5.74) is 0.287. The number of methoxy groups -OCH3 is 1. The van der Waals surface area contributed by atoms with E-state index in [9.17, 15) is 19.3 Å². The maximum atomic E-state index is 14.5. The molecule has 0 saturated carbocycles. The molecule has 10 nitrogen and oxygen atoms in total. The number of nitro groups is 1. The number of nitrogens with zero attached hydrogens (tertiary/aromatic N) is 4. The minimum atomic E-state index is -3.02. The maximum absolute atomic E-state index is 14.5. The van der Waals surface area contributed by atoms with Crippen LogP contribution in [-0.2, 0) is 16.0 Å². The Kier molecular flexibility index (Phi) is 6.52. The molecule has 0 radical (unpaired) electrons. The first-order chi connectivity index (χ1) is 20.4. The van der Waals surface area contributed by atoms with Crippen LogP contribution >= 0.6 is 11.3 Å². The molecule has 0 saturated heterocycles. The molecule has 0 aliphatic carbocycles. The first-order valence-electron chi connectivity index (χ1n) is 14.0. The monoisotopic (exact) mass is 559 g/mol. The minimum absolute atomic E-state index is 0.154. The average Bonchev–Trinajstić information content (AvgIpc) is 3.32. The summed E-state index contributed by atoms with van der Waals surface area (Å²) in [4.78, 5) is 33.6. The number of aromatic nitrogens is 2. The molecular formula is C27H27FN4O6S. The standard InChI is InChI=1S/C27H27FN4O6S/c1-27(2,3)38-26(33)31(11-12-36-4)16-17-5-7-20(30-15-17)24-14-21-25(39-24)23(9-10-29-21)37-22-8-6-18(32(34)35)13-19(22)28/h5-10,13-15H,11-12,16H2,1-4H3/i4D3,12D2. The lowest BCUT2D eigenvalue weighted by Gasteiger charge is -2.27. The van der Waals surface area contributed by atoms with Gasteiger partial charge in [-0.15, -0.1) is 11.3 Å². The van der Waals surface area contributed by atoms with E-state index in [1.165, 1.54) is 29.8 Å². The van der Waals surface area contributed by atoms with Gasteiger partial charge in [0.2, 0.25) is 0 Å². The highest BCUT2D eigenvalue weighted by atomic mass is 32.1. The lowest BCUT2D eigenvalue weighted by molar-refractivity contribution is -0.385. The van der Waals surface area contributed by atoms with Crippen LogP contribution in [0, 0.1) is 15.9 Å². The Labute approximate surface area is 235 Å².